The maximum Gasteiger partial charge on any atom is 0.500 e. The van der Waals surface area contributed by atoms with Crippen LogP contribution in [0.4, 0.5) is 5.95 Å². The first-order valence-electron chi connectivity index (χ1n) is 13.6. The summed E-state index contributed by atoms with van der Waals surface area (Å²) in [5.41, 5.74) is 1.88. The number of fused-ring (bicyclic) bond motifs is 1. The van der Waals surface area contributed by atoms with Gasteiger partial charge in [-0.1, -0.05) is 58.2 Å². The average Bonchev–Trinajstić information content (AvgIpc) is 3.00. The van der Waals surface area contributed by atoms with E-state index >= 15 is 0 Å². The smallest absolute Gasteiger partial charge is 0.377 e. The summed E-state index contributed by atoms with van der Waals surface area (Å²) in [6.45, 7) is 4.93. The Morgan fingerprint density at radius 3 is 2.35 bits per heavy atom. The van der Waals surface area contributed by atoms with Gasteiger partial charge in [-0.25, -0.2) is 9.97 Å². The molecule has 3 aromatic rings. The Morgan fingerprint density at radius 2 is 1.68 bits per heavy atom. The first-order chi connectivity index (χ1) is 19.3. The van der Waals surface area contributed by atoms with E-state index in [0.29, 0.717) is 25.0 Å². The average molecular weight is 585 g/mol. The minimum absolute atomic E-state index is 0.0566. The predicted molar refractivity (Wildman–Crippen MR) is 164 cm³/mol. The Morgan fingerprint density at radius 1 is 0.975 bits per heavy atom. The van der Waals surface area contributed by atoms with Crippen LogP contribution in [0.3, 0.4) is 0 Å². The molecule has 0 unspecified atom stereocenters. The fraction of sp³-hybridized carbons (Fsp3) is 0.448. The zero-order valence-electron chi connectivity index (χ0n) is 24.4. The highest BCUT2D eigenvalue weighted by molar-refractivity contribution is 7.66. The van der Waals surface area contributed by atoms with Crippen molar-refractivity contribution >= 4 is 50.6 Å². The maximum absolute atomic E-state index is 12.9. The lowest BCUT2D eigenvalue weighted by molar-refractivity contribution is -0.125. The van der Waals surface area contributed by atoms with Gasteiger partial charge in [0.1, 0.15) is 0 Å². The summed E-state index contributed by atoms with van der Waals surface area (Å²) >= 11 is 0. The third-order valence-electron chi connectivity index (χ3n) is 7.05. The zero-order chi connectivity index (χ0) is 29.1. The third-order valence-corrected chi connectivity index (χ3v) is 12.5. The van der Waals surface area contributed by atoms with Crippen LogP contribution < -0.4 is 15.5 Å². The Hall–Kier alpha value is -2.75. The molecule has 216 valence electrons. The van der Waals surface area contributed by atoms with E-state index in [9.17, 15) is 9.59 Å². The second kappa shape index (κ2) is 15.3. The molecule has 0 aliphatic carbocycles. The number of hydrogen-bond donors (Lipinski definition) is 1. The minimum Gasteiger partial charge on any atom is -0.377 e. The van der Waals surface area contributed by atoms with E-state index in [1.165, 1.54) is 21.0 Å². The number of hydrogen-bond acceptors (Lipinski definition) is 7. The monoisotopic (exact) mass is 584 g/mol. The van der Waals surface area contributed by atoms with E-state index in [-0.39, 0.29) is 32.6 Å². The molecule has 1 aromatic heterocycles. The van der Waals surface area contributed by atoms with E-state index in [1.54, 1.807) is 34.6 Å². The summed E-state index contributed by atoms with van der Waals surface area (Å²) < 4.78 is 16.2. The number of nitrogens with one attached hydrogen (secondary N) is 1. The number of aromatic nitrogens is 2. The second-order valence-corrected chi connectivity index (χ2v) is 15.2. The first kappa shape index (κ1) is 31.8. The summed E-state index contributed by atoms with van der Waals surface area (Å²) in [6.07, 6.45) is 4.64. The van der Waals surface area contributed by atoms with Crippen molar-refractivity contribution in [2.75, 3.05) is 52.1 Å². The van der Waals surface area contributed by atoms with Crippen molar-refractivity contribution in [1.82, 2.24) is 15.3 Å². The van der Waals surface area contributed by atoms with Crippen LogP contribution in [0.1, 0.15) is 33.1 Å². The highest BCUT2D eigenvalue weighted by Gasteiger charge is 2.36. The van der Waals surface area contributed by atoms with E-state index in [4.69, 9.17) is 18.3 Å². The maximum atomic E-state index is 12.9. The molecule has 1 N–H and O–H groups in total. The predicted octanol–water partition coefficient (Wildman–Crippen LogP) is 4.57. The van der Waals surface area contributed by atoms with Gasteiger partial charge in [-0.05, 0) is 40.9 Å². The van der Waals surface area contributed by atoms with Gasteiger partial charge in [-0.3, -0.25) is 14.5 Å². The number of benzene rings is 2. The fourth-order valence-corrected chi connectivity index (χ4v) is 8.56. The number of rotatable bonds is 15. The molecule has 0 saturated heterocycles. The molecule has 3 rings (SSSR count). The zero-order valence-corrected chi connectivity index (χ0v) is 26.3. The number of carbonyl (C=O) groups is 2. The van der Waals surface area contributed by atoms with Gasteiger partial charge in [0.15, 0.2) is 0 Å². The van der Waals surface area contributed by atoms with Crippen LogP contribution in [0.5, 0.6) is 0 Å². The van der Waals surface area contributed by atoms with Crippen molar-refractivity contribution in [1.29, 1.82) is 0 Å². The molecule has 0 aliphatic heterocycles. The molecule has 9 nitrogen and oxygen atoms in total. The molecular weight excluding hydrogens is 543 g/mol. The van der Waals surface area contributed by atoms with E-state index in [2.05, 4.69) is 60.5 Å². The second-order valence-electron chi connectivity index (χ2n) is 9.30. The van der Waals surface area contributed by atoms with E-state index in [0.717, 1.165) is 23.6 Å². The summed E-state index contributed by atoms with van der Waals surface area (Å²) in [5.74, 6) is -0.0939. The van der Waals surface area contributed by atoms with Crippen LogP contribution in [-0.2, 0) is 22.9 Å². The molecule has 0 fully saturated rings. The largest absolute Gasteiger partial charge is 0.500 e. The number of anilines is 1. The third kappa shape index (κ3) is 7.71. The highest BCUT2D eigenvalue weighted by atomic mass is 31.1. The van der Waals surface area contributed by atoms with Crippen molar-refractivity contribution in [3.05, 3.63) is 48.7 Å². The van der Waals surface area contributed by atoms with Crippen LogP contribution in [0.15, 0.2) is 48.7 Å². The van der Waals surface area contributed by atoms with Gasteiger partial charge in [0.25, 0.3) is 0 Å². The van der Waals surface area contributed by atoms with Crippen LogP contribution in [-0.4, -0.2) is 77.8 Å². The highest BCUT2D eigenvalue weighted by Crippen LogP contribution is 2.40. The SMILES string of the molecule is CCP(CC)c1c(-c2ccnc(N(C)C(=O)CCC(=O)NCCC[Si](OC)(OC)OC)n2)ccc2ccccc12. The molecule has 2 aromatic carbocycles. The van der Waals surface area contributed by atoms with Gasteiger partial charge in [-0.15, -0.1) is 0 Å². The van der Waals surface area contributed by atoms with Crippen LogP contribution in [0, 0.1) is 0 Å². The molecule has 40 heavy (non-hydrogen) atoms. The van der Waals surface area contributed by atoms with Crippen LogP contribution in [0.25, 0.3) is 22.0 Å². The number of nitrogens with zero attached hydrogens (tertiary/aromatic N) is 3. The Kier molecular flexibility index (Phi) is 12.2. The van der Waals surface area contributed by atoms with Gasteiger partial charge >= 0.3 is 8.80 Å². The summed E-state index contributed by atoms with van der Waals surface area (Å²) in [5, 5.41) is 6.66. The molecule has 2 amide bonds. The van der Waals surface area contributed by atoms with Gasteiger partial charge in [0.05, 0.1) is 5.69 Å². The molecule has 0 aliphatic rings. The Labute approximate surface area is 239 Å². The molecule has 0 bridgehead atoms. The Balaban J connectivity index is 1.67. The first-order valence-corrected chi connectivity index (χ1v) is 17.3. The number of amides is 2. The molecule has 0 saturated carbocycles. The topological polar surface area (TPSA) is 103 Å². The van der Waals surface area contributed by atoms with Crippen LogP contribution in [0.2, 0.25) is 6.04 Å². The van der Waals surface area contributed by atoms with Gasteiger partial charge in [-0.2, -0.15) is 0 Å². The van der Waals surface area contributed by atoms with E-state index < -0.39 is 8.80 Å². The van der Waals surface area contributed by atoms with Crippen molar-refractivity contribution in [2.45, 2.75) is 39.2 Å². The lowest BCUT2D eigenvalue weighted by Crippen LogP contribution is -2.43. The summed E-state index contributed by atoms with van der Waals surface area (Å²) in [6, 6.07) is 15.2. The lowest BCUT2D eigenvalue weighted by atomic mass is 10.0. The Bertz CT molecular complexity index is 1280. The standard InChI is InChI=1S/C29H41N4O5PSi/c1-7-39(8-2)28-23-13-10-9-12-22(23)14-15-24(28)25-18-20-31-29(32-25)33(3)27(35)17-16-26(34)30-19-11-21-40(36-4,37-5)38-6/h9-10,12-15,18,20H,7-8,11,16-17,19,21H2,1-6H3,(H,30,34). The quantitative estimate of drug-likeness (QED) is 0.159. The summed E-state index contributed by atoms with van der Waals surface area (Å²) in [4.78, 5) is 35.9. The van der Waals surface area contributed by atoms with Crippen molar-refractivity contribution < 1.29 is 22.9 Å². The van der Waals surface area contributed by atoms with Gasteiger partial charge < -0.3 is 18.6 Å². The van der Waals surface area contributed by atoms with Crippen molar-refractivity contribution in [3.63, 3.8) is 0 Å². The molecule has 0 atom stereocenters. The van der Waals surface area contributed by atoms with Crippen LogP contribution >= 0.6 is 7.92 Å². The summed E-state index contributed by atoms with van der Waals surface area (Å²) in [7, 11) is 3.31. The van der Waals surface area contributed by atoms with Gasteiger partial charge in [0, 0.05) is 65.6 Å². The molecule has 11 heteroatoms. The fourth-order valence-electron chi connectivity index (χ4n) is 4.68. The number of carbonyl (C=O) groups excluding carboxylic acids is 2. The van der Waals surface area contributed by atoms with Crippen molar-refractivity contribution in [2.24, 2.45) is 0 Å². The minimum atomic E-state index is -2.66. The molecule has 1 heterocycles. The molecular formula is C29H41N4O5PSi. The molecule has 0 radical (unpaired) electrons. The molecule has 0 spiro atoms. The normalized spacial score (nSPS) is 11.7. The van der Waals surface area contributed by atoms with E-state index in [1.807, 2.05) is 6.07 Å². The lowest BCUT2D eigenvalue weighted by Gasteiger charge is -2.24. The van der Waals surface area contributed by atoms with Crippen molar-refractivity contribution in [3.8, 4) is 11.3 Å². The van der Waals surface area contributed by atoms with Gasteiger partial charge in [0.2, 0.25) is 17.8 Å².